The summed E-state index contributed by atoms with van der Waals surface area (Å²) in [6, 6.07) is 0. The number of hydrogen-bond donors (Lipinski definition) is 0. The second kappa shape index (κ2) is 6.22. The van der Waals surface area contributed by atoms with E-state index in [1.165, 1.54) is 19.3 Å². The highest BCUT2D eigenvalue weighted by Crippen LogP contribution is 2.32. The van der Waals surface area contributed by atoms with Gasteiger partial charge >= 0.3 is 0 Å². The summed E-state index contributed by atoms with van der Waals surface area (Å²) in [5.74, 6) is 0.650. The van der Waals surface area contributed by atoms with Gasteiger partial charge in [-0.25, -0.2) is 8.42 Å². The van der Waals surface area contributed by atoms with E-state index in [1.54, 1.807) is 0 Å². The molecule has 16 heavy (non-hydrogen) atoms. The van der Waals surface area contributed by atoms with Crippen molar-refractivity contribution in [2.45, 2.75) is 45.6 Å². The highest BCUT2D eigenvalue weighted by Gasteiger charge is 2.27. The lowest BCUT2D eigenvalue weighted by Gasteiger charge is -2.33. The number of rotatable bonds is 7. The molecule has 0 aromatic rings. The van der Waals surface area contributed by atoms with Crippen LogP contribution in [0.25, 0.3) is 0 Å². The molecule has 0 bridgehead atoms. The topological polar surface area (TPSA) is 43.4 Å². The average molecular weight is 269 g/mol. The highest BCUT2D eigenvalue weighted by molar-refractivity contribution is 8.13. The van der Waals surface area contributed by atoms with Gasteiger partial charge in [-0.3, -0.25) is 0 Å². The van der Waals surface area contributed by atoms with Crippen molar-refractivity contribution in [1.29, 1.82) is 0 Å². The van der Waals surface area contributed by atoms with Crippen molar-refractivity contribution in [2.24, 2.45) is 11.8 Å². The summed E-state index contributed by atoms with van der Waals surface area (Å²) in [6.07, 6.45) is 5.11. The van der Waals surface area contributed by atoms with Gasteiger partial charge in [-0.1, -0.05) is 20.3 Å². The second-order valence-electron chi connectivity index (χ2n) is 4.78. The lowest BCUT2D eigenvalue weighted by Crippen LogP contribution is -2.31. The molecule has 1 fully saturated rings. The van der Waals surface area contributed by atoms with Gasteiger partial charge in [0.1, 0.15) is 0 Å². The summed E-state index contributed by atoms with van der Waals surface area (Å²) < 4.78 is 27.5. The van der Waals surface area contributed by atoms with Gasteiger partial charge in [-0.15, -0.1) is 0 Å². The van der Waals surface area contributed by atoms with Crippen molar-refractivity contribution in [2.75, 3.05) is 12.4 Å². The SMILES string of the molecule is CCC(OCC(C)CS(=O)(=O)Cl)C1CCC1. The standard InChI is InChI=1S/C11H21ClO3S/c1-3-11(10-5-4-6-10)15-7-9(2)8-16(12,13)14/h9-11H,3-8H2,1-2H3. The van der Waals surface area contributed by atoms with Gasteiger partial charge in [-0.05, 0) is 31.1 Å². The van der Waals surface area contributed by atoms with Gasteiger partial charge in [0.2, 0.25) is 9.05 Å². The van der Waals surface area contributed by atoms with Crippen LogP contribution in [-0.2, 0) is 13.8 Å². The van der Waals surface area contributed by atoms with Crippen molar-refractivity contribution < 1.29 is 13.2 Å². The lowest BCUT2D eigenvalue weighted by molar-refractivity contribution is -0.0263. The first-order valence-corrected chi connectivity index (χ1v) is 8.44. The van der Waals surface area contributed by atoms with E-state index in [9.17, 15) is 8.42 Å². The number of hydrogen-bond acceptors (Lipinski definition) is 3. The fraction of sp³-hybridized carbons (Fsp3) is 1.00. The Bertz CT molecular complexity index is 298. The van der Waals surface area contributed by atoms with Crippen LogP contribution in [0.4, 0.5) is 0 Å². The molecule has 1 rings (SSSR count). The van der Waals surface area contributed by atoms with Crippen molar-refractivity contribution in [3.05, 3.63) is 0 Å². The van der Waals surface area contributed by atoms with Crippen molar-refractivity contribution >= 4 is 19.7 Å². The molecule has 0 radical (unpaired) electrons. The summed E-state index contributed by atoms with van der Waals surface area (Å²) >= 11 is 0. The maximum Gasteiger partial charge on any atom is 0.232 e. The Morgan fingerprint density at radius 2 is 2.06 bits per heavy atom. The molecule has 0 heterocycles. The van der Waals surface area contributed by atoms with Crippen LogP contribution in [0, 0.1) is 11.8 Å². The van der Waals surface area contributed by atoms with Crippen LogP contribution in [0.2, 0.25) is 0 Å². The van der Waals surface area contributed by atoms with E-state index in [-0.39, 0.29) is 11.7 Å². The predicted octanol–water partition coefficient (Wildman–Crippen LogP) is 2.79. The highest BCUT2D eigenvalue weighted by atomic mass is 35.7. The van der Waals surface area contributed by atoms with E-state index >= 15 is 0 Å². The zero-order valence-corrected chi connectivity index (χ0v) is 11.6. The summed E-state index contributed by atoms with van der Waals surface area (Å²) in [4.78, 5) is 0. The molecule has 0 amide bonds. The molecule has 1 aliphatic carbocycles. The smallest absolute Gasteiger partial charge is 0.232 e. The van der Waals surface area contributed by atoms with E-state index in [0.29, 0.717) is 18.6 Å². The third kappa shape index (κ3) is 5.02. The molecule has 0 spiro atoms. The maximum atomic E-state index is 10.9. The predicted molar refractivity (Wildman–Crippen MR) is 66.2 cm³/mol. The minimum absolute atomic E-state index is 0.00431. The zero-order chi connectivity index (χ0) is 12.2. The van der Waals surface area contributed by atoms with Crippen molar-refractivity contribution in [3.63, 3.8) is 0 Å². The van der Waals surface area contributed by atoms with Gasteiger partial charge in [0.15, 0.2) is 0 Å². The number of ether oxygens (including phenoxy) is 1. The monoisotopic (exact) mass is 268 g/mol. The fourth-order valence-corrected chi connectivity index (χ4v) is 3.50. The molecule has 2 atom stereocenters. The van der Waals surface area contributed by atoms with Crippen LogP contribution < -0.4 is 0 Å². The molecule has 2 unspecified atom stereocenters. The summed E-state index contributed by atoms with van der Waals surface area (Å²) in [6.45, 7) is 4.46. The summed E-state index contributed by atoms with van der Waals surface area (Å²) in [5, 5.41) is 0. The summed E-state index contributed by atoms with van der Waals surface area (Å²) in [5.41, 5.74) is 0. The largest absolute Gasteiger partial charge is 0.378 e. The van der Waals surface area contributed by atoms with Gasteiger partial charge in [0, 0.05) is 10.7 Å². The second-order valence-corrected chi connectivity index (χ2v) is 7.60. The molecule has 1 saturated carbocycles. The quantitative estimate of drug-likeness (QED) is 0.667. The molecule has 3 nitrogen and oxygen atoms in total. The van der Waals surface area contributed by atoms with E-state index < -0.39 is 9.05 Å². The van der Waals surface area contributed by atoms with Gasteiger partial charge in [-0.2, -0.15) is 0 Å². The molecule has 0 aromatic heterocycles. The molecule has 96 valence electrons. The Morgan fingerprint density at radius 1 is 1.44 bits per heavy atom. The van der Waals surface area contributed by atoms with Crippen LogP contribution in [-0.4, -0.2) is 26.9 Å². The fourth-order valence-electron chi connectivity index (χ4n) is 2.07. The molecular formula is C11H21ClO3S. The van der Waals surface area contributed by atoms with Crippen LogP contribution >= 0.6 is 10.7 Å². The first-order valence-electron chi connectivity index (χ1n) is 5.96. The Labute approximate surface area is 103 Å². The van der Waals surface area contributed by atoms with Crippen LogP contribution in [0.1, 0.15) is 39.5 Å². The third-order valence-electron chi connectivity index (χ3n) is 3.16. The van der Waals surface area contributed by atoms with Gasteiger partial charge in [0.25, 0.3) is 0 Å². The van der Waals surface area contributed by atoms with Gasteiger partial charge < -0.3 is 4.74 Å². The molecule has 0 saturated heterocycles. The normalized spacial score (nSPS) is 21.4. The van der Waals surface area contributed by atoms with Crippen molar-refractivity contribution in [1.82, 2.24) is 0 Å². The van der Waals surface area contributed by atoms with E-state index in [2.05, 4.69) is 6.92 Å². The third-order valence-corrected chi connectivity index (χ3v) is 4.50. The Kier molecular flexibility index (Phi) is 5.54. The van der Waals surface area contributed by atoms with Crippen LogP contribution in [0.3, 0.4) is 0 Å². The first kappa shape index (κ1) is 14.3. The average Bonchev–Trinajstić information content (AvgIpc) is 2.05. The molecule has 1 aliphatic rings. The van der Waals surface area contributed by atoms with Crippen LogP contribution in [0.5, 0.6) is 0 Å². The molecule has 0 aromatic carbocycles. The lowest BCUT2D eigenvalue weighted by atomic mass is 9.80. The van der Waals surface area contributed by atoms with Gasteiger partial charge in [0.05, 0.1) is 18.5 Å². The minimum atomic E-state index is -3.40. The zero-order valence-electron chi connectivity index (χ0n) is 9.99. The Hall–Kier alpha value is 0.200. The molecule has 5 heteroatoms. The Morgan fingerprint density at radius 3 is 2.44 bits per heavy atom. The molecule has 0 N–H and O–H groups in total. The molecule has 0 aliphatic heterocycles. The van der Waals surface area contributed by atoms with Crippen LogP contribution in [0.15, 0.2) is 0 Å². The number of halogens is 1. The van der Waals surface area contributed by atoms with E-state index in [0.717, 1.165) is 6.42 Å². The summed E-state index contributed by atoms with van der Waals surface area (Å²) in [7, 11) is 1.80. The van der Waals surface area contributed by atoms with Crippen molar-refractivity contribution in [3.8, 4) is 0 Å². The molecular weight excluding hydrogens is 248 g/mol. The Balaban J connectivity index is 2.26. The van der Waals surface area contributed by atoms with E-state index in [1.807, 2.05) is 6.92 Å². The first-order chi connectivity index (χ1) is 7.42. The maximum absolute atomic E-state index is 10.9. The minimum Gasteiger partial charge on any atom is -0.378 e. The van der Waals surface area contributed by atoms with E-state index in [4.69, 9.17) is 15.4 Å².